The first-order valence-corrected chi connectivity index (χ1v) is 10.3. The SMILES string of the molecule is O=C(c1cccc(Nc2ncccn2)c1)N1CCN(Cc2ccc3c(c2)OCO3)CC1. The maximum absolute atomic E-state index is 13.0. The zero-order chi connectivity index (χ0) is 21.0. The minimum atomic E-state index is 0.0420. The van der Waals surface area contributed by atoms with Gasteiger partial charge in [-0.3, -0.25) is 9.69 Å². The molecule has 5 rings (SSSR count). The molecule has 0 bridgehead atoms. The zero-order valence-corrected chi connectivity index (χ0v) is 17.0. The summed E-state index contributed by atoms with van der Waals surface area (Å²) < 4.78 is 10.8. The number of piperazine rings is 1. The van der Waals surface area contributed by atoms with E-state index in [1.807, 2.05) is 41.3 Å². The van der Waals surface area contributed by atoms with E-state index in [0.717, 1.165) is 36.8 Å². The van der Waals surface area contributed by atoms with Gasteiger partial charge in [0, 0.05) is 56.4 Å². The Hall–Kier alpha value is -3.65. The Bertz CT molecular complexity index is 1070. The summed E-state index contributed by atoms with van der Waals surface area (Å²) in [5.41, 5.74) is 2.63. The highest BCUT2D eigenvalue weighted by molar-refractivity contribution is 5.95. The van der Waals surface area contributed by atoms with Crippen LogP contribution in [-0.4, -0.2) is 58.6 Å². The summed E-state index contributed by atoms with van der Waals surface area (Å²) in [5, 5.41) is 3.13. The van der Waals surface area contributed by atoms with E-state index in [0.29, 0.717) is 24.6 Å². The lowest BCUT2D eigenvalue weighted by atomic mass is 10.1. The Balaban J connectivity index is 1.18. The number of amides is 1. The van der Waals surface area contributed by atoms with Crippen LogP contribution >= 0.6 is 0 Å². The predicted octanol–water partition coefficient (Wildman–Crippen LogP) is 2.91. The van der Waals surface area contributed by atoms with Crippen molar-refractivity contribution in [3.05, 3.63) is 72.1 Å². The fraction of sp³-hybridized carbons (Fsp3) is 0.261. The Morgan fingerprint density at radius 2 is 1.74 bits per heavy atom. The lowest BCUT2D eigenvalue weighted by molar-refractivity contribution is 0.0628. The molecule has 2 aromatic carbocycles. The van der Waals surface area contributed by atoms with Gasteiger partial charge in [-0.1, -0.05) is 12.1 Å². The molecule has 0 spiro atoms. The van der Waals surface area contributed by atoms with E-state index in [1.54, 1.807) is 18.5 Å². The molecule has 0 saturated carbocycles. The Morgan fingerprint density at radius 1 is 0.935 bits per heavy atom. The van der Waals surface area contributed by atoms with Crippen LogP contribution in [0, 0.1) is 0 Å². The van der Waals surface area contributed by atoms with Crippen LogP contribution in [0.5, 0.6) is 11.5 Å². The molecule has 31 heavy (non-hydrogen) atoms. The number of fused-ring (bicyclic) bond motifs is 1. The summed E-state index contributed by atoms with van der Waals surface area (Å²) in [6.45, 7) is 4.17. The quantitative estimate of drug-likeness (QED) is 0.684. The van der Waals surface area contributed by atoms with Crippen molar-refractivity contribution < 1.29 is 14.3 Å². The van der Waals surface area contributed by atoms with E-state index in [2.05, 4.69) is 26.3 Å². The summed E-state index contributed by atoms with van der Waals surface area (Å²) in [4.78, 5) is 25.6. The van der Waals surface area contributed by atoms with Crippen molar-refractivity contribution in [3.8, 4) is 11.5 Å². The van der Waals surface area contributed by atoms with Crippen molar-refractivity contribution in [2.75, 3.05) is 38.3 Å². The van der Waals surface area contributed by atoms with Gasteiger partial charge in [0.15, 0.2) is 11.5 Å². The molecule has 0 atom stereocenters. The second kappa shape index (κ2) is 8.61. The molecule has 3 heterocycles. The van der Waals surface area contributed by atoms with Crippen molar-refractivity contribution in [1.82, 2.24) is 19.8 Å². The van der Waals surface area contributed by atoms with E-state index in [4.69, 9.17) is 9.47 Å². The highest BCUT2D eigenvalue weighted by Crippen LogP contribution is 2.32. The summed E-state index contributed by atoms with van der Waals surface area (Å²) >= 11 is 0. The normalized spacial score (nSPS) is 15.7. The van der Waals surface area contributed by atoms with Crippen LogP contribution in [0.2, 0.25) is 0 Å². The monoisotopic (exact) mass is 417 g/mol. The highest BCUT2D eigenvalue weighted by atomic mass is 16.7. The van der Waals surface area contributed by atoms with Crippen LogP contribution in [0.1, 0.15) is 15.9 Å². The van der Waals surface area contributed by atoms with Gasteiger partial charge in [-0.25, -0.2) is 9.97 Å². The van der Waals surface area contributed by atoms with E-state index in [-0.39, 0.29) is 12.7 Å². The second-order valence-corrected chi connectivity index (χ2v) is 7.53. The third kappa shape index (κ3) is 4.44. The number of nitrogens with zero attached hydrogens (tertiary/aromatic N) is 4. The summed E-state index contributed by atoms with van der Waals surface area (Å²) in [6.07, 6.45) is 3.35. The van der Waals surface area contributed by atoms with E-state index in [9.17, 15) is 4.79 Å². The molecule has 0 aliphatic carbocycles. The number of carbonyl (C=O) groups excluding carboxylic acids is 1. The molecule has 1 aromatic heterocycles. The van der Waals surface area contributed by atoms with Crippen LogP contribution in [0.15, 0.2) is 60.9 Å². The Labute approximate surface area is 180 Å². The summed E-state index contributed by atoms with van der Waals surface area (Å²) in [7, 11) is 0. The van der Waals surface area contributed by atoms with Gasteiger partial charge in [-0.15, -0.1) is 0 Å². The van der Waals surface area contributed by atoms with Crippen LogP contribution in [0.3, 0.4) is 0 Å². The third-order valence-corrected chi connectivity index (χ3v) is 5.43. The number of anilines is 2. The number of rotatable bonds is 5. The molecular weight excluding hydrogens is 394 g/mol. The Morgan fingerprint density at radius 3 is 2.58 bits per heavy atom. The minimum Gasteiger partial charge on any atom is -0.454 e. The average Bonchev–Trinajstić information content (AvgIpc) is 3.28. The largest absolute Gasteiger partial charge is 0.454 e. The van der Waals surface area contributed by atoms with Crippen molar-refractivity contribution in [3.63, 3.8) is 0 Å². The van der Waals surface area contributed by atoms with Crippen LogP contribution in [0.4, 0.5) is 11.6 Å². The van der Waals surface area contributed by atoms with E-state index >= 15 is 0 Å². The fourth-order valence-corrected chi connectivity index (χ4v) is 3.81. The standard InChI is InChI=1S/C23H23N5O3/c29-22(18-3-1-4-19(14-18)26-23-24-7-2-8-25-23)28-11-9-27(10-12-28)15-17-5-6-20-21(13-17)31-16-30-20/h1-8,13-14H,9-12,15-16H2,(H,24,25,26). The molecule has 2 aliphatic heterocycles. The van der Waals surface area contributed by atoms with Gasteiger partial charge in [-0.05, 0) is 42.0 Å². The first-order chi connectivity index (χ1) is 15.2. The number of nitrogens with one attached hydrogen (secondary N) is 1. The molecule has 1 N–H and O–H groups in total. The van der Waals surface area contributed by atoms with E-state index < -0.39 is 0 Å². The number of benzene rings is 2. The lowest BCUT2D eigenvalue weighted by Gasteiger charge is -2.34. The van der Waals surface area contributed by atoms with Gasteiger partial charge in [0.2, 0.25) is 12.7 Å². The third-order valence-electron chi connectivity index (χ3n) is 5.43. The topological polar surface area (TPSA) is 79.8 Å². The van der Waals surface area contributed by atoms with Gasteiger partial charge < -0.3 is 19.7 Å². The smallest absolute Gasteiger partial charge is 0.254 e. The first kappa shape index (κ1) is 19.3. The van der Waals surface area contributed by atoms with Crippen molar-refractivity contribution >= 4 is 17.5 Å². The molecule has 8 heteroatoms. The summed E-state index contributed by atoms with van der Waals surface area (Å²) in [6, 6.07) is 15.3. The molecule has 3 aromatic rings. The molecule has 2 aliphatic rings. The van der Waals surface area contributed by atoms with Crippen molar-refractivity contribution in [2.24, 2.45) is 0 Å². The fourth-order valence-electron chi connectivity index (χ4n) is 3.81. The zero-order valence-electron chi connectivity index (χ0n) is 17.0. The number of ether oxygens (including phenoxy) is 2. The number of hydrogen-bond donors (Lipinski definition) is 1. The maximum Gasteiger partial charge on any atom is 0.254 e. The minimum absolute atomic E-state index is 0.0420. The molecule has 0 radical (unpaired) electrons. The van der Waals surface area contributed by atoms with Gasteiger partial charge in [-0.2, -0.15) is 0 Å². The summed E-state index contributed by atoms with van der Waals surface area (Å²) in [5.74, 6) is 2.15. The molecule has 158 valence electrons. The Kier molecular flexibility index (Phi) is 5.37. The maximum atomic E-state index is 13.0. The van der Waals surface area contributed by atoms with Crippen LogP contribution in [-0.2, 0) is 6.54 Å². The van der Waals surface area contributed by atoms with Gasteiger partial charge in [0.05, 0.1) is 0 Å². The first-order valence-electron chi connectivity index (χ1n) is 10.3. The number of hydrogen-bond acceptors (Lipinski definition) is 7. The predicted molar refractivity (Wildman–Crippen MR) is 116 cm³/mol. The van der Waals surface area contributed by atoms with Crippen molar-refractivity contribution in [1.29, 1.82) is 0 Å². The highest BCUT2D eigenvalue weighted by Gasteiger charge is 2.23. The molecule has 1 amide bonds. The molecule has 1 fully saturated rings. The number of aromatic nitrogens is 2. The second-order valence-electron chi connectivity index (χ2n) is 7.53. The van der Waals surface area contributed by atoms with Gasteiger partial charge in [0.25, 0.3) is 5.91 Å². The van der Waals surface area contributed by atoms with Crippen LogP contribution in [0.25, 0.3) is 0 Å². The molecule has 8 nitrogen and oxygen atoms in total. The average molecular weight is 417 g/mol. The molecular formula is C23H23N5O3. The van der Waals surface area contributed by atoms with Gasteiger partial charge in [0.1, 0.15) is 0 Å². The number of carbonyl (C=O) groups is 1. The van der Waals surface area contributed by atoms with Crippen molar-refractivity contribution in [2.45, 2.75) is 6.54 Å². The molecule has 1 saturated heterocycles. The van der Waals surface area contributed by atoms with Gasteiger partial charge >= 0.3 is 0 Å². The van der Waals surface area contributed by atoms with E-state index in [1.165, 1.54) is 5.56 Å². The van der Waals surface area contributed by atoms with Crippen LogP contribution < -0.4 is 14.8 Å². The molecule has 0 unspecified atom stereocenters. The lowest BCUT2D eigenvalue weighted by Crippen LogP contribution is -2.48.